The second-order valence-electron chi connectivity index (χ2n) is 11.3. The molecule has 3 heterocycles. The fourth-order valence-corrected chi connectivity index (χ4v) is 6.25. The number of nitrogens with one attached hydrogen (secondary N) is 2. The summed E-state index contributed by atoms with van der Waals surface area (Å²) in [4.78, 5) is 44.8. The van der Waals surface area contributed by atoms with Gasteiger partial charge in [0, 0.05) is 53.1 Å². The van der Waals surface area contributed by atoms with Crippen LogP contribution in [-0.4, -0.2) is 46.7 Å². The van der Waals surface area contributed by atoms with Crippen LogP contribution < -0.4 is 21.3 Å². The van der Waals surface area contributed by atoms with Crippen molar-refractivity contribution in [1.29, 1.82) is 0 Å². The molecule has 8 heteroatoms. The van der Waals surface area contributed by atoms with E-state index in [4.69, 9.17) is 5.73 Å². The van der Waals surface area contributed by atoms with Gasteiger partial charge in [-0.2, -0.15) is 0 Å². The number of benzene rings is 1. The van der Waals surface area contributed by atoms with Crippen LogP contribution in [0, 0.1) is 12.8 Å². The Morgan fingerprint density at radius 3 is 2.24 bits per heavy atom. The molecule has 194 valence electrons. The number of piperidine rings is 1. The molecule has 2 bridgehead atoms. The summed E-state index contributed by atoms with van der Waals surface area (Å²) in [5.41, 5.74) is 8.75. The molecule has 0 spiro atoms. The highest BCUT2D eigenvalue weighted by Crippen LogP contribution is 2.39. The third kappa shape index (κ3) is 4.69. The lowest BCUT2D eigenvalue weighted by Gasteiger charge is -2.40. The molecule has 2 saturated heterocycles. The zero-order valence-corrected chi connectivity index (χ0v) is 21.3. The maximum absolute atomic E-state index is 13.4. The lowest BCUT2D eigenvalue weighted by Crippen LogP contribution is -2.50. The van der Waals surface area contributed by atoms with Gasteiger partial charge in [-0.3, -0.25) is 14.4 Å². The lowest BCUT2D eigenvalue weighted by atomic mass is 9.92. The number of fused-ring (bicyclic) bond motifs is 2. The molecule has 2 aromatic rings. The molecule has 4 aliphatic rings. The third-order valence-corrected chi connectivity index (χ3v) is 8.65. The Balaban J connectivity index is 1.14. The first-order chi connectivity index (χ1) is 17.9. The minimum Gasteiger partial charge on any atom is -0.382 e. The highest BCUT2D eigenvalue weighted by Gasteiger charge is 2.42. The second kappa shape index (κ2) is 9.47. The van der Waals surface area contributed by atoms with Gasteiger partial charge in [-0.1, -0.05) is 0 Å². The van der Waals surface area contributed by atoms with Crippen molar-refractivity contribution in [2.24, 2.45) is 11.7 Å². The van der Waals surface area contributed by atoms with Gasteiger partial charge in [0.1, 0.15) is 5.82 Å². The number of Topliss-reactive ketones (excluding diaryl/α,β-unsaturated/α-hetero) is 1. The molecular formula is C29H35N5O3. The van der Waals surface area contributed by atoms with E-state index < -0.39 is 5.91 Å². The first-order valence-corrected chi connectivity index (χ1v) is 13.7. The van der Waals surface area contributed by atoms with Gasteiger partial charge in [-0.25, -0.2) is 4.98 Å². The summed E-state index contributed by atoms with van der Waals surface area (Å²) in [5.74, 6) is 0.746. The number of aromatic nitrogens is 1. The van der Waals surface area contributed by atoms with E-state index in [1.54, 1.807) is 18.3 Å². The van der Waals surface area contributed by atoms with Crippen molar-refractivity contribution in [1.82, 2.24) is 10.3 Å². The highest BCUT2D eigenvalue weighted by molar-refractivity contribution is 6.03. The quantitative estimate of drug-likeness (QED) is 0.471. The van der Waals surface area contributed by atoms with Crippen LogP contribution in [0.3, 0.4) is 0 Å². The number of ketones is 1. The highest BCUT2D eigenvalue weighted by atomic mass is 16.2. The molecule has 0 radical (unpaired) electrons. The van der Waals surface area contributed by atoms with E-state index in [9.17, 15) is 14.4 Å². The smallest absolute Gasteiger partial charge is 0.251 e. The molecule has 2 aliphatic carbocycles. The van der Waals surface area contributed by atoms with Crippen molar-refractivity contribution >= 4 is 29.1 Å². The molecule has 1 aromatic carbocycles. The van der Waals surface area contributed by atoms with Crippen LogP contribution in [0.15, 0.2) is 30.5 Å². The van der Waals surface area contributed by atoms with Gasteiger partial charge in [0.25, 0.3) is 11.8 Å². The van der Waals surface area contributed by atoms with Crippen LogP contribution >= 0.6 is 0 Å². The monoisotopic (exact) mass is 501 g/mol. The molecule has 0 unspecified atom stereocenters. The van der Waals surface area contributed by atoms with Gasteiger partial charge in [0.2, 0.25) is 0 Å². The van der Waals surface area contributed by atoms with E-state index in [0.717, 1.165) is 62.7 Å². The van der Waals surface area contributed by atoms with E-state index in [-0.39, 0.29) is 23.7 Å². The Kier molecular flexibility index (Phi) is 6.13. The number of carbonyl (C=O) groups excluding carboxylic acids is 3. The van der Waals surface area contributed by atoms with Crippen LogP contribution in [0.1, 0.15) is 94.4 Å². The van der Waals surface area contributed by atoms with Crippen molar-refractivity contribution in [3.63, 3.8) is 0 Å². The Bertz CT molecular complexity index is 1220. The van der Waals surface area contributed by atoms with Crippen LogP contribution in [-0.2, 0) is 0 Å². The Hall–Kier alpha value is -3.42. The number of nitrogens with two attached hydrogens (primary N) is 1. The molecular weight excluding hydrogens is 466 g/mol. The SMILES string of the molecule is Cc1cc(C(N)=O)c(NC2CCC2)cc1C(=O)N[C@H]1C[C@H]2CC[C@@H](C1)N2c1ccc(C(=O)C2CC2)cn1. The Labute approximate surface area is 217 Å². The molecule has 4 fully saturated rings. The molecule has 4 N–H and O–H groups in total. The number of hydrogen-bond donors (Lipinski definition) is 3. The van der Waals surface area contributed by atoms with Crippen LogP contribution in [0.4, 0.5) is 11.5 Å². The Morgan fingerprint density at radius 2 is 1.68 bits per heavy atom. The molecule has 2 amide bonds. The summed E-state index contributed by atoms with van der Waals surface area (Å²) in [6.45, 7) is 1.85. The van der Waals surface area contributed by atoms with Crippen molar-refractivity contribution < 1.29 is 14.4 Å². The average molecular weight is 502 g/mol. The standard InChI is InChI=1S/C29H35N5O3/c1-16-11-24(28(30)36)25(32-19-3-2-4-19)14-23(16)29(37)33-20-12-21-8-9-22(13-20)34(21)26-10-7-18(15-31-26)27(35)17-5-6-17/h7,10-11,14-15,17,19-22,32H,2-6,8-9,12-13H2,1H3,(H2,30,36)(H,33,37)/t20-,21+,22-. The normalized spacial score (nSPS) is 24.9. The van der Waals surface area contributed by atoms with Gasteiger partial charge in [0.15, 0.2) is 5.78 Å². The zero-order valence-electron chi connectivity index (χ0n) is 21.3. The van der Waals surface area contributed by atoms with Gasteiger partial charge < -0.3 is 21.3 Å². The summed E-state index contributed by atoms with van der Waals surface area (Å²) in [6, 6.07) is 8.46. The van der Waals surface area contributed by atoms with Crippen LogP contribution in [0.25, 0.3) is 0 Å². The summed E-state index contributed by atoms with van der Waals surface area (Å²) in [7, 11) is 0. The van der Waals surface area contributed by atoms with Gasteiger partial charge >= 0.3 is 0 Å². The van der Waals surface area contributed by atoms with Crippen molar-refractivity contribution in [3.05, 3.63) is 52.7 Å². The number of rotatable bonds is 8. The van der Waals surface area contributed by atoms with Gasteiger partial charge in [0.05, 0.1) is 5.56 Å². The maximum atomic E-state index is 13.4. The first-order valence-electron chi connectivity index (χ1n) is 13.7. The van der Waals surface area contributed by atoms with Gasteiger partial charge in [-0.15, -0.1) is 0 Å². The number of primary amides is 1. The molecule has 2 saturated carbocycles. The van der Waals surface area contributed by atoms with Crippen molar-refractivity contribution in [2.75, 3.05) is 10.2 Å². The first kappa shape index (κ1) is 23.9. The molecule has 2 aliphatic heterocycles. The molecule has 1 aromatic heterocycles. The fraction of sp³-hybridized carbons (Fsp3) is 0.517. The van der Waals surface area contributed by atoms with E-state index in [1.807, 2.05) is 19.1 Å². The zero-order chi connectivity index (χ0) is 25.7. The summed E-state index contributed by atoms with van der Waals surface area (Å²) in [6.07, 6.45) is 10.9. The Morgan fingerprint density at radius 1 is 0.946 bits per heavy atom. The molecule has 37 heavy (non-hydrogen) atoms. The predicted octanol–water partition coefficient (Wildman–Crippen LogP) is 3.98. The van der Waals surface area contributed by atoms with E-state index in [1.165, 1.54) is 6.42 Å². The summed E-state index contributed by atoms with van der Waals surface area (Å²) in [5, 5.41) is 6.68. The number of amides is 2. The fourth-order valence-electron chi connectivity index (χ4n) is 6.25. The maximum Gasteiger partial charge on any atom is 0.251 e. The number of pyridine rings is 1. The minimum absolute atomic E-state index is 0.0789. The van der Waals surface area contributed by atoms with Crippen molar-refractivity contribution in [2.45, 2.75) is 88.9 Å². The van der Waals surface area contributed by atoms with Crippen LogP contribution in [0.2, 0.25) is 0 Å². The summed E-state index contributed by atoms with van der Waals surface area (Å²) < 4.78 is 0. The number of aryl methyl sites for hydroxylation is 1. The van der Waals surface area contributed by atoms with Crippen molar-refractivity contribution in [3.8, 4) is 0 Å². The number of carbonyl (C=O) groups is 3. The number of hydrogen-bond acceptors (Lipinski definition) is 6. The molecule has 3 atom stereocenters. The van der Waals surface area contributed by atoms with E-state index in [2.05, 4.69) is 20.5 Å². The largest absolute Gasteiger partial charge is 0.382 e. The predicted molar refractivity (Wildman–Crippen MR) is 142 cm³/mol. The van der Waals surface area contributed by atoms with E-state index in [0.29, 0.717) is 40.5 Å². The number of anilines is 2. The van der Waals surface area contributed by atoms with E-state index >= 15 is 0 Å². The van der Waals surface area contributed by atoms with Gasteiger partial charge in [-0.05, 0) is 94.5 Å². The molecule has 8 nitrogen and oxygen atoms in total. The average Bonchev–Trinajstić information content (AvgIpc) is 3.66. The van der Waals surface area contributed by atoms with Crippen LogP contribution in [0.5, 0.6) is 0 Å². The minimum atomic E-state index is -0.487. The molecule has 6 rings (SSSR count). The lowest BCUT2D eigenvalue weighted by molar-refractivity contribution is 0.0923. The number of nitrogens with zero attached hydrogens (tertiary/aromatic N) is 2. The summed E-state index contributed by atoms with van der Waals surface area (Å²) >= 11 is 0. The second-order valence-corrected chi connectivity index (χ2v) is 11.3. The third-order valence-electron chi connectivity index (χ3n) is 8.65. The topological polar surface area (TPSA) is 117 Å².